The van der Waals surface area contributed by atoms with E-state index in [0.717, 1.165) is 6.54 Å². The second-order valence-corrected chi connectivity index (χ2v) is 2.98. The molecule has 1 atom stereocenters. The van der Waals surface area contributed by atoms with E-state index in [0.29, 0.717) is 5.25 Å². The standard InChI is InChI=1S/C6H15NS.C2H6/c1-6(8)4-3-5-7-2;1-2/h6-8H,3-5H2,1-2H3;1-2H3. The molecule has 0 aliphatic heterocycles. The minimum Gasteiger partial charge on any atom is -0.320 e. The van der Waals surface area contributed by atoms with Crippen molar-refractivity contribution >= 4 is 12.6 Å². The van der Waals surface area contributed by atoms with Gasteiger partial charge in [0.15, 0.2) is 0 Å². The molecule has 0 saturated carbocycles. The number of nitrogens with one attached hydrogen (secondary N) is 1. The molecule has 1 unspecified atom stereocenters. The van der Waals surface area contributed by atoms with Gasteiger partial charge in [0.25, 0.3) is 0 Å². The predicted molar refractivity (Wildman–Crippen MR) is 53.0 cm³/mol. The van der Waals surface area contributed by atoms with Crippen LogP contribution in [0.1, 0.15) is 33.6 Å². The molecule has 64 valence electrons. The average Bonchev–Trinajstić information content (AvgIpc) is 1.92. The SMILES string of the molecule is CC.CNCCCC(C)S. The Morgan fingerprint density at radius 2 is 1.90 bits per heavy atom. The lowest BCUT2D eigenvalue weighted by molar-refractivity contribution is 0.676. The Morgan fingerprint density at radius 1 is 1.40 bits per heavy atom. The molecule has 10 heavy (non-hydrogen) atoms. The van der Waals surface area contributed by atoms with Crippen LogP contribution in [0.25, 0.3) is 0 Å². The maximum atomic E-state index is 4.24. The third kappa shape index (κ3) is 15.7. The van der Waals surface area contributed by atoms with Gasteiger partial charge in [0.1, 0.15) is 0 Å². The van der Waals surface area contributed by atoms with Gasteiger partial charge in [0.2, 0.25) is 0 Å². The largest absolute Gasteiger partial charge is 0.320 e. The van der Waals surface area contributed by atoms with Crippen LogP contribution in [0.4, 0.5) is 0 Å². The van der Waals surface area contributed by atoms with Crippen molar-refractivity contribution in [3.63, 3.8) is 0 Å². The maximum absolute atomic E-state index is 4.24. The summed E-state index contributed by atoms with van der Waals surface area (Å²) < 4.78 is 0. The Hall–Kier alpha value is 0.310. The lowest BCUT2D eigenvalue weighted by Gasteiger charge is -2.00. The minimum atomic E-state index is 0.559. The van der Waals surface area contributed by atoms with Crippen LogP contribution >= 0.6 is 12.6 Å². The number of hydrogen-bond acceptors (Lipinski definition) is 2. The van der Waals surface area contributed by atoms with Crippen LogP contribution in [0.2, 0.25) is 0 Å². The van der Waals surface area contributed by atoms with Crippen molar-refractivity contribution in [3.05, 3.63) is 0 Å². The van der Waals surface area contributed by atoms with Gasteiger partial charge in [-0.3, -0.25) is 0 Å². The summed E-state index contributed by atoms with van der Waals surface area (Å²) in [6.45, 7) is 7.24. The molecule has 0 aliphatic rings. The smallest absolute Gasteiger partial charge is 0.00111 e. The summed E-state index contributed by atoms with van der Waals surface area (Å²) in [5.41, 5.74) is 0. The van der Waals surface area contributed by atoms with E-state index in [1.807, 2.05) is 20.9 Å². The van der Waals surface area contributed by atoms with Crippen molar-refractivity contribution in [1.82, 2.24) is 5.32 Å². The molecular weight excluding hydrogens is 142 g/mol. The van der Waals surface area contributed by atoms with Crippen molar-refractivity contribution in [3.8, 4) is 0 Å². The molecule has 1 N–H and O–H groups in total. The van der Waals surface area contributed by atoms with Gasteiger partial charge in [0, 0.05) is 0 Å². The topological polar surface area (TPSA) is 12.0 Å². The maximum Gasteiger partial charge on any atom is -0.00111 e. The summed E-state index contributed by atoms with van der Waals surface area (Å²) in [6.07, 6.45) is 2.45. The molecule has 0 aromatic heterocycles. The highest BCUT2D eigenvalue weighted by molar-refractivity contribution is 7.80. The van der Waals surface area contributed by atoms with Crippen molar-refractivity contribution in [2.75, 3.05) is 13.6 Å². The van der Waals surface area contributed by atoms with Gasteiger partial charge < -0.3 is 5.32 Å². The molecule has 0 amide bonds. The minimum absolute atomic E-state index is 0.559. The first-order valence-electron chi connectivity index (χ1n) is 4.10. The molecule has 0 aromatic rings. The molecule has 0 aromatic carbocycles. The van der Waals surface area contributed by atoms with Crippen LogP contribution in [-0.2, 0) is 0 Å². The number of rotatable bonds is 4. The Balaban J connectivity index is 0. The Bertz CT molecular complexity index is 46.5. The van der Waals surface area contributed by atoms with Crippen molar-refractivity contribution < 1.29 is 0 Å². The molecule has 0 bridgehead atoms. The Labute approximate surface area is 71.0 Å². The highest BCUT2D eigenvalue weighted by atomic mass is 32.1. The monoisotopic (exact) mass is 163 g/mol. The third-order valence-corrected chi connectivity index (χ3v) is 1.31. The van der Waals surface area contributed by atoms with Gasteiger partial charge in [-0.2, -0.15) is 12.6 Å². The van der Waals surface area contributed by atoms with Gasteiger partial charge in [-0.05, 0) is 31.7 Å². The Morgan fingerprint density at radius 3 is 2.20 bits per heavy atom. The van der Waals surface area contributed by atoms with Crippen molar-refractivity contribution in [2.24, 2.45) is 0 Å². The van der Waals surface area contributed by atoms with E-state index in [1.165, 1.54) is 12.8 Å². The average molecular weight is 163 g/mol. The molecule has 1 nitrogen and oxygen atoms in total. The lowest BCUT2D eigenvalue weighted by atomic mass is 10.2. The summed E-state index contributed by atoms with van der Waals surface area (Å²) >= 11 is 4.24. The number of hydrogen-bond donors (Lipinski definition) is 2. The summed E-state index contributed by atoms with van der Waals surface area (Å²) in [7, 11) is 1.98. The molecule has 0 radical (unpaired) electrons. The normalized spacial score (nSPS) is 11.7. The fourth-order valence-electron chi connectivity index (χ4n) is 0.574. The van der Waals surface area contributed by atoms with Crippen LogP contribution in [0.3, 0.4) is 0 Å². The van der Waals surface area contributed by atoms with E-state index in [4.69, 9.17) is 0 Å². The summed E-state index contributed by atoms with van der Waals surface area (Å²) in [4.78, 5) is 0. The predicted octanol–water partition coefficient (Wildman–Crippen LogP) is 2.33. The molecule has 0 rings (SSSR count). The van der Waals surface area contributed by atoms with Crippen LogP contribution < -0.4 is 5.32 Å². The van der Waals surface area contributed by atoms with Crippen molar-refractivity contribution in [1.29, 1.82) is 0 Å². The van der Waals surface area contributed by atoms with E-state index >= 15 is 0 Å². The first-order valence-corrected chi connectivity index (χ1v) is 4.61. The van der Waals surface area contributed by atoms with Gasteiger partial charge in [-0.25, -0.2) is 0 Å². The van der Waals surface area contributed by atoms with E-state index < -0.39 is 0 Å². The third-order valence-electron chi connectivity index (χ3n) is 1.05. The molecule has 0 saturated heterocycles. The number of thiol groups is 1. The fraction of sp³-hybridized carbons (Fsp3) is 1.00. The zero-order valence-electron chi connectivity index (χ0n) is 7.65. The van der Waals surface area contributed by atoms with Gasteiger partial charge in [-0.1, -0.05) is 20.8 Å². The molecule has 0 spiro atoms. The Kier molecular flexibility index (Phi) is 15.6. The van der Waals surface area contributed by atoms with Gasteiger partial charge in [0.05, 0.1) is 0 Å². The second kappa shape index (κ2) is 12.0. The van der Waals surface area contributed by atoms with Gasteiger partial charge >= 0.3 is 0 Å². The fourth-order valence-corrected chi connectivity index (χ4v) is 0.757. The highest BCUT2D eigenvalue weighted by Gasteiger charge is 1.91. The first-order chi connectivity index (χ1) is 4.77. The molecule has 2 heteroatoms. The van der Waals surface area contributed by atoms with E-state index in [9.17, 15) is 0 Å². The van der Waals surface area contributed by atoms with Crippen LogP contribution in [0.15, 0.2) is 0 Å². The van der Waals surface area contributed by atoms with Crippen LogP contribution in [-0.4, -0.2) is 18.8 Å². The summed E-state index contributed by atoms with van der Waals surface area (Å²) in [5, 5.41) is 3.65. The van der Waals surface area contributed by atoms with Gasteiger partial charge in [-0.15, -0.1) is 0 Å². The quantitative estimate of drug-likeness (QED) is 0.479. The zero-order chi connectivity index (χ0) is 8.41. The molecule has 0 fully saturated rings. The molecule has 0 aliphatic carbocycles. The van der Waals surface area contributed by atoms with E-state index in [1.54, 1.807) is 0 Å². The van der Waals surface area contributed by atoms with Crippen molar-refractivity contribution in [2.45, 2.75) is 38.9 Å². The van der Waals surface area contributed by atoms with Crippen LogP contribution in [0, 0.1) is 0 Å². The van der Waals surface area contributed by atoms with E-state index in [2.05, 4.69) is 24.9 Å². The second-order valence-electron chi connectivity index (χ2n) is 2.09. The molecular formula is C8H21NS. The summed E-state index contributed by atoms with van der Waals surface area (Å²) in [5.74, 6) is 0. The van der Waals surface area contributed by atoms with Crippen LogP contribution in [0.5, 0.6) is 0 Å². The lowest BCUT2D eigenvalue weighted by Crippen LogP contribution is -2.08. The first kappa shape index (κ1) is 12.9. The summed E-state index contributed by atoms with van der Waals surface area (Å²) in [6, 6.07) is 0. The van der Waals surface area contributed by atoms with E-state index in [-0.39, 0.29) is 0 Å². The highest BCUT2D eigenvalue weighted by Crippen LogP contribution is 2.00. The molecule has 0 heterocycles. The zero-order valence-corrected chi connectivity index (χ0v) is 8.54.